The minimum Gasteiger partial charge on any atom is -0.486 e. The van der Waals surface area contributed by atoms with Gasteiger partial charge < -0.3 is 14.8 Å². The van der Waals surface area contributed by atoms with Crippen molar-refractivity contribution in [3.05, 3.63) is 52.8 Å². The fourth-order valence-electron chi connectivity index (χ4n) is 4.27. The van der Waals surface area contributed by atoms with Crippen LogP contribution in [0, 0.1) is 0 Å². The van der Waals surface area contributed by atoms with Gasteiger partial charge in [-0.3, -0.25) is 14.2 Å². The summed E-state index contributed by atoms with van der Waals surface area (Å²) in [4.78, 5) is 31.0. The van der Waals surface area contributed by atoms with Crippen molar-refractivity contribution >= 4 is 34.3 Å². The molecule has 2 heterocycles. The molecule has 166 valence electrons. The van der Waals surface area contributed by atoms with Crippen molar-refractivity contribution in [3.63, 3.8) is 0 Å². The molecule has 2 aromatic carbocycles. The Balaban J connectivity index is 1.40. The molecule has 1 aromatic heterocycles. The van der Waals surface area contributed by atoms with Gasteiger partial charge in [0.05, 0.1) is 16.2 Å². The molecule has 5 rings (SSSR count). The molecule has 1 aliphatic carbocycles. The summed E-state index contributed by atoms with van der Waals surface area (Å²) in [5, 5.41) is 3.73. The molecule has 1 unspecified atom stereocenters. The number of anilines is 1. The van der Waals surface area contributed by atoms with Gasteiger partial charge in [0, 0.05) is 17.8 Å². The summed E-state index contributed by atoms with van der Waals surface area (Å²) in [6, 6.07) is 12.9. The lowest BCUT2D eigenvalue weighted by atomic mass is 10.2. The van der Waals surface area contributed by atoms with Crippen LogP contribution in [0.25, 0.3) is 10.9 Å². The Kier molecular flexibility index (Phi) is 5.78. The Morgan fingerprint density at radius 1 is 1.12 bits per heavy atom. The SMILES string of the molecule is CC(Sc1nc2ccccc2c(=O)n1C1CCCC1)C(=O)Nc1ccc2c(c1)OCCO2. The summed E-state index contributed by atoms with van der Waals surface area (Å²) in [5.74, 6) is 1.14. The smallest absolute Gasteiger partial charge is 0.262 e. The zero-order valence-corrected chi connectivity index (χ0v) is 18.7. The van der Waals surface area contributed by atoms with E-state index in [1.54, 1.807) is 18.2 Å². The van der Waals surface area contributed by atoms with Gasteiger partial charge in [0.1, 0.15) is 13.2 Å². The maximum absolute atomic E-state index is 13.3. The number of nitrogens with zero attached hydrogens (tertiary/aromatic N) is 2. The lowest BCUT2D eigenvalue weighted by molar-refractivity contribution is -0.115. The number of ether oxygens (including phenoxy) is 2. The topological polar surface area (TPSA) is 82.5 Å². The van der Waals surface area contributed by atoms with Crippen LogP contribution in [0.15, 0.2) is 52.4 Å². The van der Waals surface area contributed by atoms with E-state index in [0.29, 0.717) is 46.5 Å². The number of fused-ring (bicyclic) bond motifs is 2. The zero-order chi connectivity index (χ0) is 22.1. The fraction of sp³-hybridized carbons (Fsp3) is 0.375. The highest BCUT2D eigenvalue weighted by Gasteiger charge is 2.26. The molecular weight excluding hydrogens is 426 g/mol. The summed E-state index contributed by atoms with van der Waals surface area (Å²) in [5.41, 5.74) is 1.28. The minimum atomic E-state index is -0.441. The third kappa shape index (κ3) is 4.07. The van der Waals surface area contributed by atoms with Crippen LogP contribution in [-0.2, 0) is 4.79 Å². The van der Waals surface area contributed by atoms with Crippen LogP contribution < -0.4 is 20.3 Å². The van der Waals surface area contributed by atoms with E-state index in [2.05, 4.69) is 5.32 Å². The van der Waals surface area contributed by atoms with Gasteiger partial charge in [0.15, 0.2) is 16.7 Å². The molecule has 1 amide bonds. The molecule has 1 fully saturated rings. The highest BCUT2D eigenvalue weighted by molar-refractivity contribution is 8.00. The van der Waals surface area contributed by atoms with Crippen molar-refractivity contribution in [2.75, 3.05) is 18.5 Å². The molecule has 3 aromatic rings. The number of hydrogen-bond donors (Lipinski definition) is 1. The second-order valence-corrected chi connectivity index (χ2v) is 9.44. The Morgan fingerprint density at radius 2 is 1.88 bits per heavy atom. The molecule has 8 heteroatoms. The Hall–Kier alpha value is -3.00. The predicted octanol–water partition coefficient (Wildman–Crippen LogP) is 4.40. The lowest BCUT2D eigenvalue weighted by Crippen LogP contribution is -2.29. The largest absolute Gasteiger partial charge is 0.486 e. The molecule has 1 N–H and O–H groups in total. The number of amides is 1. The van der Waals surface area contributed by atoms with Gasteiger partial charge in [0.25, 0.3) is 5.56 Å². The predicted molar refractivity (Wildman–Crippen MR) is 125 cm³/mol. The average molecular weight is 452 g/mol. The van der Waals surface area contributed by atoms with E-state index < -0.39 is 5.25 Å². The van der Waals surface area contributed by atoms with Crippen molar-refractivity contribution in [1.29, 1.82) is 0 Å². The first-order valence-electron chi connectivity index (χ1n) is 11.0. The maximum atomic E-state index is 13.3. The summed E-state index contributed by atoms with van der Waals surface area (Å²) < 4.78 is 12.9. The van der Waals surface area contributed by atoms with E-state index in [-0.39, 0.29) is 17.5 Å². The number of carbonyl (C=O) groups excluding carboxylic acids is 1. The van der Waals surface area contributed by atoms with Crippen molar-refractivity contribution in [3.8, 4) is 11.5 Å². The van der Waals surface area contributed by atoms with Crippen LogP contribution in [0.5, 0.6) is 11.5 Å². The van der Waals surface area contributed by atoms with Crippen molar-refractivity contribution in [1.82, 2.24) is 9.55 Å². The first kappa shape index (κ1) is 20.9. The molecule has 32 heavy (non-hydrogen) atoms. The van der Waals surface area contributed by atoms with Crippen LogP contribution in [0.1, 0.15) is 38.6 Å². The average Bonchev–Trinajstić information content (AvgIpc) is 3.33. The molecule has 0 bridgehead atoms. The Bertz CT molecular complexity index is 1220. The van der Waals surface area contributed by atoms with Gasteiger partial charge in [0.2, 0.25) is 5.91 Å². The van der Waals surface area contributed by atoms with Gasteiger partial charge in [-0.15, -0.1) is 0 Å². The van der Waals surface area contributed by atoms with Gasteiger partial charge in [-0.2, -0.15) is 0 Å². The number of aromatic nitrogens is 2. The van der Waals surface area contributed by atoms with Crippen LogP contribution in [0.4, 0.5) is 5.69 Å². The number of carbonyl (C=O) groups is 1. The Morgan fingerprint density at radius 3 is 2.69 bits per heavy atom. The second kappa shape index (κ2) is 8.86. The summed E-state index contributed by atoms with van der Waals surface area (Å²) in [7, 11) is 0. The highest BCUT2D eigenvalue weighted by atomic mass is 32.2. The maximum Gasteiger partial charge on any atom is 0.262 e. The standard InChI is InChI=1S/C24H25N3O4S/c1-15(22(28)25-16-10-11-20-21(14-16)31-13-12-30-20)32-24-26-19-9-5-4-8-18(19)23(29)27(24)17-6-2-3-7-17/h4-5,8-11,14-15,17H,2-3,6-7,12-13H2,1H3,(H,25,28). The summed E-state index contributed by atoms with van der Waals surface area (Å²) in [6.45, 7) is 2.84. The second-order valence-electron chi connectivity index (χ2n) is 8.13. The normalized spacial score (nSPS) is 16.8. The van der Waals surface area contributed by atoms with Crippen LogP contribution >= 0.6 is 11.8 Å². The van der Waals surface area contributed by atoms with Crippen LogP contribution in [-0.4, -0.2) is 33.9 Å². The lowest BCUT2D eigenvalue weighted by Gasteiger charge is -2.21. The van der Waals surface area contributed by atoms with Crippen molar-refractivity contribution < 1.29 is 14.3 Å². The van der Waals surface area contributed by atoms with Crippen molar-refractivity contribution in [2.45, 2.75) is 49.1 Å². The molecule has 1 atom stereocenters. The van der Waals surface area contributed by atoms with Crippen molar-refractivity contribution in [2.24, 2.45) is 0 Å². The van der Waals surface area contributed by atoms with E-state index in [0.717, 1.165) is 25.7 Å². The molecule has 0 spiro atoms. The number of benzene rings is 2. The van der Waals surface area contributed by atoms with Crippen LogP contribution in [0.3, 0.4) is 0 Å². The third-order valence-corrected chi connectivity index (χ3v) is 6.99. The number of thioether (sulfide) groups is 1. The van der Waals surface area contributed by atoms with Gasteiger partial charge in [-0.25, -0.2) is 4.98 Å². The molecule has 0 radical (unpaired) electrons. The molecule has 7 nitrogen and oxygen atoms in total. The number of rotatable bonds is 5. The van der Waals surface area contributed by atoms with E-state index >= 15 is 0 Å². The fourth-order valence-corrected chi connectivity index (χ4v) is 5.25. The van der Waals surface area contributed by atoms with Crippen LogP contribution in [0.2, 0.25) is 0 Å². The quantitative estimate of drug-likeness (QED) is 0.457. The van der Waals surface area contributed by atoms with E-state index in [1.165, 1.54) is 11.8 Å². The molecule has 1 saturated carbocycles. The first-order chi connectivity index (χ1) is 15.6. The molecule has 0 saturated heterocycles. The molecule has 1 aliphatic heterocycles. The van der Waals surface area contributed by atoms with Gasteiger partial charge in [-0.05, 0) is 44.0 Å². The first-order valence-corrected chi connectivity index (χ1v) is 11.9. The summed E-state index contributed by atoms with van der Waals surface area (Å²) >= 11 is 1.33. The number of para-hydroxylation sites is 1. The minimum absolute atomic E-state index is 0.0237. The number of hydrogen-bond acceptors (Lipinski definition) is 6. The zero-order valence-electron chi connectivity index (χ0n) is 17.9. The number of nitrogens with one attached hydrogen (secondary N) is 1. The monoisotopic (exact) mass is 451 g/mol. The highest BCUT2D eigenvalue weighted by Crippen LogP contribution is 2.35. The van der Waals surface area contributed by atoms with E-state index in [1.807, 2.05) is 35.8 Å². The van der Waals surface area contributed by atoms with E-state index in [4.69, 9.17) is 14.5 Å². The Labute approximate surface area is 190 Å². The van der Waals surface area contributed by atoms with E-state index in [9.17, 15) is 9.59 Å². The molecule has 2 aliphatic rings. The summed E-state index contributed by atoms with van der Waals surface area (Å²) in [6.07, 6.45) is 4.14. The molecular formula is C24H25N3O4S. The van der Waals surface area contributed by atoms with Gasteiger partial charge >= 0.3 is 0 Å². The van der Waals surface area contributed by atoms with Gasteiger partial charge in [-0.1, -0.05) is 36.7 Å². The third-order valence-electron chi connectivity index (χ3n) is 5.93.